The van der Waals surface area contributed by atoms with Gasteiger partial charge in [0.1, 0.15) is 5.69 Å². The van der Waals surface area contributed by atoms with Crippen molar-refractivity contribution in [2.24, 2.45) is 0 Å². The molecule has 116 valence electrons. The van der Waals surface area contributed by atoms with Crippen LogP contribution in [0.25, 0.3) is 0 Å². The molecule has 0 atom stereocenters. The quantitative estimate of drug-likeness (QED) is 0.678. The molecule has 8 heteroatoms. The van der Waals surface area contributed by atoms with Crippen LogP contribution in [-0.4, -0.2) is 42.4 Å². The number of halogens is 2. The molecule has 0 aliphatic carbocycles. The van der Waals surface area contributed by atoms with E-state index in [4.69, 9.17) is 4.74 Å². The summed E-state index contributed by atoms with van der Waals surface area (Å²) in [6, 6.07) is 1.34. The first-order chi connectivity index (χ1) is 9.82. The number of hydrogen-bond acceptors (Lipinski definition) is 5. The number of nitrogens with zero attached hydrogens (tertiary/aromatic N) is 2. The van der Waals surface area contributed by atoms with Gasteiger partial charge in [0.25, 0.3) is 5.69 Å². The first-order valence-electron chi connectivity index (χ1n) is 6.47. The molecule has 1 aliphatic rings. The Balaban J connectivity index is 2.22. The number of non-ortho nitro benzene ring substituents is 1. The number of ether oxygens (including phenoxy) is 1. The molecule has 1 heterocycles. The first kappa shape index (κ1) is 15.6. The second-order valence-corrected chi connectivity index (χ2v) is 5.21. The standard InChI is InChI=1S/C13H16F2N2O4/c1-16(8-13(18)2-4-21-5-3-13)12-10(14)6-9(17(19)20)7-11(12)15/h6-7,18H,2-5,8H2,1H3. The van der Waals surface area contributed by atoms with Crippen LogP contribution in [-0.2, 0) is 4.74 Å². The molecule has 0 amide bonds. The van der Waals surface area contributed by atoms with E-state index in [2.05, 4.69) is 0 Å². The van der Waals surface area contributed by atoms with Crippen molar-refractivity contribution in [2.45, 2.75) is 18.4 Å². The third-order valence-electron chi connectivity index (χ3n) is 3.55. The number of nitro groups is 1. The van der Waals surface area contributed by atoms with Gasteiger partial charge in [0.15, 0.2) is 11.6 Å². The molecule has 0 radical (unpaired) electrons. The van der Waals surface area contributed by atoms with Gasteiger partial charge in [-0.25, -0.2) is 8.78 Å². The molecule has 0 aromatic heterocycles. The van der Waals surface area contributed by atoms with Crippen LogP contribution in [0.1, 0.15) is 12.8 Å². The molecule has 6 nitrogen and oxygen atoms in total. The summed E-state index contributed by atoms with van der Waals surface area (Å²) >= 11 is 0. The zero-order valence-corrected chi connectivity index (χ0v) is 11.5. The Morgan fingerprint density at radius 3 is 2.38 bits per heavy atom. The summed E-state index contributed by atoms with van der Waals surface area (Å²) in [5, 5.41) is 20.9. The average molecular weight is 302 g/mol. The summed E-state index contributed by atoms with van der Waals surface area (Å²) in [4.78, 5) is 10.9. The molecule has 1 N–H and O–H groups in total. The minimum absolute atomic E-state index is 0.0159. The van der Waals surface area contributed by atoms with Gasteiger partial charge in [0.05, 0.1) is 22.7 Å². The predicted octanol–water partition coefficient (Wildman–Crippen LogP) is 1.85. The third-order valence-corrected chi connectivity index (χ3v) is 3.55. The van der Waals surface area contributed by atoms with E-state index in [1.54, 1.807) is 0 Å². The molecule has 1 aromatic carbocycles. The predicted molar refractivity (Wildman–Crippen MR) is 71.3 cm³/mol. The van der Waals surface area contributed by atoms with Gasteiger partial charge < -0.3 is 14.7 Å². The monoisotopic (exact) mass is 302 g/mol. The van der Waals surface area contributed by atoms with Gasteiger partial charge in [0, 0.05) is 39.6 Å². The van der Waals surface area contributed by atoms with Crippen molar-refractivity contribution in [3.8, 4) is 0 Å². The van der Waals surface area contributed by atoms with E-state index in [1.165, 1.54) is 11.9 Å². The molecule has 0 spiro atoms. The van der Waals surface area contributed by atoms with Gasteiger partial charge in [-0.1, -0.05) is 0 Å². The fraction of sp³-hybridized carbons (Fsp3) is 0.538. The van der Waals surface area contributed by atoms with E-state index in [-0.39, 0.29) is 12.2 Å². The van der Waals surface area contributed by atoms with Crippen LogP contribution >= 0.6 is 0 Å². The van der Waals surface area contributed by atoms with Crippen LogP contribution in [0, 0.1) is 21.7 Å². The fourth-order valence-corrected chi connectivity index (χ4v) is 2.45. The van der Waals surface area contributed by atoms with Crippen molar-refractivity contribution >= 4 is 11.4 Å². The molecule has 21 heavy (non-hydrogen) atoms. The Bertz CT molecular complexity index is 524. The van der Waals surface area contributed by atoms with E-state index in [0.717, 1.165) is 0 Å². The number of benzene rings is 1. The van der Waals surface area contributed by atoms with Gasteiger partial charge in [-0.2, -0.15) is 0 Å². The highest BCUT2D eigenvalue weighted by atomic mass is 19.1. The molecule has 2 rings (SSSR count). The van der Waals surface area contributed by atoms with E-state index in [1.807, 2.05) is 0 Å². The second-order valence-electron chi connectivity index (χ2n) is 5.21. The van der Waals surface area contributed by atoms with Gasteiger partial charge >= 0.3 is 0 Å². The van der Waals surface area contributed by atoms with E-state index >= 15 is 0 Å². The van der Waals surface area contributed by atoms with Gasteiger partial charge in [0.2, 0.25) is 0 Å². The Hall–Kier alpha value is -1.80. The highest BCUT2D eigenvalue weighted by Gasteiger charge is 2.32. The number of anilines is 1. The van der Waals surface area contributed by atoms with Crippen LogP contribution in [0.5, 0.6) is 0 Å². The summed E-state index contributed by atoms with van der Waals surface area (Å²) in [6.45, 7) is 0.785. The molecule has 0 saturated carbocycles. The Morgan fingerprint density at radius 2 is 1.90 bits per heavy atom. The van der Waals surface area contributed by atoms with Gasteiger partial charge in [-0.05, 0) is 0 Å². The van der Waals surface area contributed by atoms with Crippen LogP contribution in [0.15, 0.2) is 12.1 Å². The van der Waals surface area contributed by atoms with Crippen molar-refractivity contribution in [3.05, 3.63) is 33.9 Å². The lowest BCUT2D eigenvalue weighted by Crippen LogP contribution is -2.46. The Morgan fingerprint density at radius 1 is 1.38 bits per heavy atom. The minimum atomic E-state index is -1.09. The SMILES string of the molecule is CN(CC1(O)CCOCC1)c1c(F)cc([N+](=O)[O-])cc1F. The van der Waals surface area contributed by atoms with Crippen LogP contribution in [0.3, 0.4) is 0 Å². The lowest BCUT2D eigenvalue weighted by molar-refractivity contribution is -0.385. The maximum absolute atomic E-state index is 13.9. The minimum Gasteiger partial charge on any atom is -0.388 e. The topological polar surface area (TPSA) is 75.8 Å². The first-order valence-corrected chi connectivity index (χ1v) is 6.47. The number of hydrogen-bond donors (Lipinski definition) is 1. The lowest BCUT2D eigenvalue weighted by atomic mass is 9.93. The van der Waals surface area contributed by atoms with Crippen molar-refractivity contribution in [2.75, 3.05) is 31.7 Å². The Labute approximate surface area is 120 Å². The highest BCUT2D eigenvalue weighted by molar-refractivity contribution is 5.53. The molecule has 1 saturated heterocycles. The molecule has 0 unspecified atom stereocenters. The maximum atomic E-state index is 13.9. The molecule has 0 bridgehead atoms. The molecule has 1 aromatic rings. The van der Waals surface area contributed by atoms with Crippen molar-refractivity contribution in [3.63, 3.8) is 0 Å². The van der Waals surface area contributed by atoms with E-state index < -0.39 is 27.8 Å². The summed E-state index contributed by atoms with van der Waals surface area (Å²) in [5.74, 6) is -2.06. The average Bonchev–Trinajstić information content (AvgIpc) is 2.37. The second kappa shape index (κ2) is 5.90. The van der Waals surface area contributed by atoms with E-state index in [0.29, 0.717) is 38.2 Å². The zero-order valence-electron chi connectivity index (χ0n) is 11.5. The van der Waals surface area contributed by atoms with Crippen molar-refractivity contribution in [1.29, 1.82) is 0 Å². The summed E-state index contributed by atoms with van der Waals surface area (Å²) in [6.07, 6.45) is 0.737. The van der Waals surface area contributed by atoms with Crippen LogP contribution in [0.2, 0.25) is 0 Å². The fourth-order valence-electron chi connectivity index (χ4n) is 2.45. The van der Waals surface area contributed by atoms with Crippen molar-refractivity contribution < 1.29 is 23.5 Å². The number of nitro benzene ring substituents is 1. The largest absolute Gasteiger partial charge is 0.388 e. The number of likely N-dealkylation sites (N-methyl/N-ethyl adjacent to an activating group) is 1. The molecular weight excluding hydrogens is 286 g/mol. The summed E-state index contributed by atoms with van der Waals surface area (Å²) in [7, 11) is 1.43. The number of rotatable bonds is 4. The van der Waals surface area contributed by atoms with Crippen molar-refractivity contribution in [1.82, 2.24) is 0 Å². The van der Waals surface area contributed by atoms with Crippen LogP contribution in [0.4, 0.5) is 20.2 Å². The normalized spacial score (nSPS) is 17.5. The smallest absolute Gasteiger partial charge is 0.275 e. The van der Waals surface area contributed by atoms with Crippen LogP contribution < -0.4 is 4.90 Å². The third kappa shape index (κ3) is 3.45. The maximum Gasteiger partial charge on any atom is 0.275 e. The van der Waals surface area contributed by atoms with Gasteiger partial charge in [-0.15, -0.1) is 0 Å². The van der Waals surface area contributed by atoms with E-state index in [9.17, 15) is 24.0 Å². The Kier molecular flexibility index (Phi) is 4.38. The summed E-state index contributed by atoms with van der Waals surface area (Å²) < 4.78 is 33.0. The van der Waals surface area contributed by atoms with Gasteiger partial charge in [-0.3, -0.25) is 10.1 Å². The number of aliphatic hydroxyl groups is 1. The molecule has 1 fully saturated rings. The zero-order chi connectivity index (χ0) is 15.6. The summed E-state index contributed by atoms with van der Waals surface area (Å²) in [5.41, 5.74) is -2.12. The lowest BCUT2D eigenvalue weighted by Gasteiger charge is -2.36. The molecular formula is C13H16F2N2O4. The molecule has 1 aliphatic heterocycles. The highest BCUT2D eigenvalue weighted by Crippen LogP contribution is 2.30.